The summed E-state index contributed by atoms with van der Waals surface area (Å²) in [6.45, 7) is 6.01. The van der Waals surface area contributed by atoms with Crippen molar-refractivity contribution in [1.29, 1.82) is 0 Å². The van der Waals surface area contributed by atoms with Crippen molar-refractivity contribution in [2.75, 3.05) is 51.3 Å². The second kappa shape index (κ2) is 11.7. The van der Waals surface area contributed by atoms with Crippen LogP contribution in [0.3, 0.4) is 0 Å². The summed E-state index contributed by atoms with van der Waals surface area (Å²) in [5.74, 6) is 2.12. The fourth-order valence-electron chi connectivity index (χ4n) is 3.97. The SMILES string of the molecule is COCc1cc(N2CCN(C(C)=O)CC2)nc(SCc2ccc(C(=O)NCC3CCCO3)o2)n1. The topological polar surface area (TPSA) is 110 Å². The maximum atomic E-state index is 12.4. The molecule has 0 bridgehead atoms. The maximum absolute atomic E-state index is 12.4. The van der Waals surface area contributed by atoms with Crippen LogP contribution in [0.1, 0.15) is 41.8 Å². The van der Waals surface area contributed by atoms with E-state index in [1.54, 1.807) is 26.2 Å². The molecule has 11 heteroatoms. The number of furan rings is 1. The quantitative estimate of drug-likeness (QED) is 0.418. The molecule has 1 unspecified atom stereocenters. The molecule has 0 spiro atoms. The molecule has 2 amide bonds. The van der Waals surface area contributed by atoms with E-state index in [2.05, 4.69) is 15.2 Å². The van der Waals surface area contributed by atoms with Crippen LogP contribution < -0.4 is 10.2 Å². The minimum absolute atomic E-state index is 0.0881. The Hall–Kier alpha value is -2.63. The maximum Gasteiger partial charge on any atom is 0.287 e. The van der Waals surface area contributed by atoms with Gasteiger partial charge in [-0.05, 0) is 25.0 Å². The van der Waals surface area contributed by atoms with Crippen LogP contribution in [0.15, 0.2) is 27.8 Å². The van der Waals surface area contributed by atoms with E-state index in [0.29, 0.717) is 42.9 Å². The van der Waals surface area contributed by atoms with Gasteiger partial charge in [-0.2, -0.15) is 0 Å². The zero-order valence-electron chi connectivity index (χ0n) is 19.6. The molecule has 2 aromatic heterocycles. The van der Waals surface area contributed by atoms with E-state index in [4.69, 9.17) is 18.9 Å². The lowest BCUT2D eigenvalue weighted by Crippen LogP contribution is -2.48. The van der Waals surface area contributed by atoms with Gasteiger partial charge in [0.1, 0.15) is 11.6 Å². The Balaban J connectivity index is 1.35. The molecule has 34 heavy (non-hydrogen) atoms. The van der Waals surface area contributed by atoms with Gasteiger partial charge in [0, 0.05) is 59.4 Å². The van der Waals surface area contributed by atoms with Crippen molar-refractivity contribution in [2.45, 2.75) is 43.4 Å². The minimum Gasteiger partial charge on any atom is -0.455 e. The highest BCUT2D eigenvalue weighted by Gasteiger charge is 2.21. The van der Waals surface area contributed by atoms with E-state index in [1.807, 2.05) is 11.0 Å². The zero-order valence-corrected chi connectivity index (χ0v) is 20.4. The smallest absolute Gasteiger partial charge is 0.287 e. The van der Waals surface area contributed by atoms with Gasteiger partial charge in [-0.15, -0.1) is 0 Å². The number of methoxy groups -OCH3 is 1. The third kappa shape index (κ3) is 6.49. The van der Waals surface area contributed by atoms with Gasteiger partial charge in [-0.25, -0.2) is 9.97 Å². The molecule has 4 rings (SSSR count). The summed E-state index contributed by atoms with van der Waals surface area (Å²) in [5, 5.41) is 3.48. The monoisotopic (exact) mass is 489 g/mol. The number of carbonyl (C=O) groups is 2. The molecule has 2 aromatic rings. The summed E-state index contributed by atoms with van der Waals surface area (Å²) in [4.78, 5) is 37.3. The van der Waals surface area contributed by atoms with E-state index in [-0.39, 0.29) is 23.7 Å². The van der Waals surface area contributed by atoms with Crippen molar-refractivity contribution in [3.8, 4) is 0 Å². The molecule has 184 valence electrons. The molecule has 0 saturated carbocycles. The van der Waals surface area contributed by atoms with Gasteiger partial charge in [0.25, 0.3) is 5.91 Å². The first-order valence-corrected chi connectivity index (χ1v) is 12.5. The number of nitrogens with one attached hydrogen (secondary N) is 1. The van der Waals surface area contributed by atoms with Crippen LogP contribution in [0.5, 0.6) is 0 Å². The number of thioether (sulfide) groups is 1. The number of anilines is 1. The second-order valence-electron chi connectivity index (χ2n) is 8.33. The number of aromatic nitrogens is 2. The van der Waals surface area contributed by atoms with E-state index >= 15 is 0 Å². The van der Waals surface area contributed by atoms with Crippen LogP contribution in [0, 0.1) is 0 Å². The molecule has 0 aliphatic carbocycles. The van der Waals surface area contributed by atoms with Crippen molar-refractivity contribution < 1.29 is 23.5 Å². The van der Waals surface area contributed by atoms with E-state index in [1.165, 1.54) is 11.8 Å². The van der Waals surface area contributed by atoms with E-state index in [9.17, 15) is 9.59 Å². The summed E-state index contributed by atoms with van der Waals surface area (Å²) in [6.07, 6.45) is 2.09. The Morgan fingerprint density at radius 2 is 2.06 bits per heavy atom. The van der Waals surface area contributed by atoms with E-state index < -0.39 is 0 Å². The molecular formula is C23H31N5O5S. The van der Waals surface area contributed by atoms with Gasteiger partial charge in [-0.1, -0.05) is 11.8 Å². The van der Waals surface area contributed by atoms with Crippen molar-refractivity contribution in [2.24, 2.45) is 0 Å². The molecule has 4 heterocycles. The molecule has 0 radical (unpaired) electrons. The Morgan fingerprint density at radius 3 is 2.76 bits per heavy atom. The number of rotatable bonds is 9. The summed E-state index contributed by atoms with van der Waals surface area (Å²) >= 11 is 1.44. The van der Waals surface area contributed by atoms with Gasteiger partial charge in [0.2, 0.25) is 5.91 Å². The Bertz CT molecular complexity index is 986. The highest BCUT2D eigenvalue weighted by atomic mass is 32.2. The number of nitrogens with zero attached hydrogens (tertiary/aromatic N) is 4. The first-order chi connectivity index (χ1) is 16.5. The fraction of sp³-hybridized carbons (Fsp3) is 0.565. The second-order valence-corrected chi connectivity index (χ2v) is 9.27. The minimum atomic E-state index is -0.239. The van der Waals surface area contributed by atoms with Crippen LogP contribution >= 0.6 is 11.8 Å². The molecule has 2 saturated heterocycles. The van der Waals surface area contributed by atoms with Crippen molar-refractivity contribution in [1.82, 2.24) is 20.2 Å². The van der Waals surface area contributed by atoms with Crippen LogP contribution in [0.2, 0.25) is 0 Å². The first-order valence-electron chi connectivity index (χ1n) is 11.5. The number of amides is 2. The third-order valence-electron chi connectivity index (χ3n) is 5.83. The lowest BCUT2D eigenvalue weighted by molar-refractivity contribution is -0.129. The highest BCUT2D eigenvalue weighted by molar-refractivity contribution is 7.98. The lowest BCUT2D eigenvalue weighted by atomic mass is 10.2. The number of hydrogen-bond acceptors (Lipinski definition) is 9. The molecule has 10 nitrogen and oxygen atoms in total. The van der Waals surface area contributed by atoms with Crippen LogP contribution in [-0.4, -0.2) is 79.2 Å². The summed E-state index contributed by atoms with van der Waals surface area (Å²) < 4.78 is 16.6. The lowest BCUT2D eigenvalue weighted by Gasteiger charge is -2.35. The molecule has 2 fully saturated rings. The number of hydrogen-bond donors (Lipinski definition) is 1. The summed E-state index contributed by atoms with van der Waals surface area (Å²) in [6, 6.07) is 5.41. The summed E-state index contributed by atoms with van der Waals surface area (Å²) in [7, 11) is 1.63. The average molecular weight is 490 g/mol. The summed E-state index contributed by atoms with van der Waals surface area (Å²) in [5.41, 5.74) is 0.789. The zero-order chi connectivity index (χ0) is 23.9. The van der Waals surface area contributed by atoms with Gasteiger partial charge >= 0.3 is 0 Å². The predicted octanol–water partition coefficient (Wildman–Crippen LogP) is 2.09. The normalized spacial score (nSPS) is 18.4. The third-order valence-corrected chi connectivity index (χ3v) is 6.70. The average Bonchev–Trinajstić information content (AvgIpc) is 3.54. The molecule has 2 aliphatic rings. The van der Waals surface area contributed by atoms with Gasteiger partial charge in [0.15, 0.2) is 10.9 Å². The Kier molecular flexibility index (Phi) is 8.41. The van der Waals surface area contributed by atoms with E-state index in [0.717, 1.165) is 44.0 Å². The Labute approximate surface area is 203 Å². The molecular weight excluding hydrogens is 458 g/mol. The number of piperazine rings is 1. The fourth-order valence-corrected chi connectivity index (χ4v) is 4.74. The van der Waals surface area contributed by atoms with Crippen molar-refractivity contribution >= 4 is 29.4 Å². The van der Waals surface area contributed by atoms with Crippen LogP contribution in [0.25, 0.3) is 0 Å². The van der Waals surface area contributed by atoms with Crippen molar-refractivity contribution in [3.63, 3.8) is 0 Å². The molecule has 1 N–H and O–H groups in total. The molecule has 2 aliphatic heterocycles. The molecule has 1 atom stereocenters. The van der Waals surface area contributed by atoms with Crippen LogP contribution in [-0.2, 0) is 26.6 Å². The van der Waals surface area contributed by atoms with Gasteiger partial charge < -0.3 is 29.0 Å². The number of carbonyl (C=O) groups excluding carboxylic acids is 2. The Morgan fingerprint density at radius 1 is 1.24 bits per heavy atom. The van der Waals surface area contributed by atoms with Crippen molar-refractivity contribution in [3.05, 3.63) is 35.4 Å². The van der Waals surface area contributed by atoms with Crippen LogP contribution in [0.4, 0.5) is 5.82 Å². The predicted molar refractivity (Wildman–Crippen MR) is 127 cm³/mol. The highest BCUT2D eigenvalue weighted by Crippen LogP contribution is 2.25. The number of ether oxygens (including phenoxy) is 2. The van der Waals surface area contributed by atoms with Gasteiger partial charge in [0.05, 0.1) is 24.2 Å². The van der Waals surface area contributed by atoms with Gasteiger partial charge in [-0.3, -0.25) is 9.59 Å². The molecule has 0 aromatic carbocycles. The first kappa shape index (κ1) is 24.5. The largest absolute Gasteiger partial charge is 0.455 e. The standard InChI is InChI=1S/C23H31N5O5S/c1-16(29)27-7-9-28(10-8-27)21-12-17(14-31-2)25-23(26-21)34-15-19-5-6-20(33-19)22(30)24-13-18-4-3-11-32-18/h5-6,12,18H,3-4,7-11,13-15H2,1-2H3,(H,24,30).